The van der Waals surface area contributed by atoms with Gasteiger partial charge in [0, 0.05) is 23.6 Å². The van der Waals surface area contributed by atoms with Crippen LogP contribution < -0.4 is 5.32 Å². The molecule has 2 aromatic rings. The first kappa shape index (κ1) is 16.8. The Bertz CT molecular complexity index is 854. The Labute approximate surface area is 142 Å². The maximum atomic E-state index is 12.5. The third-order valence-corrected chi connectivity index (χ3v) is 6.41. The lowest BCUT2D eigenvalue weighted by Crippen LogP contribution is -2.30. The van der Waals surface area contributed by atoms with Gasteiger partial charge in [0.25, 0.3) is 5.91 Å². The summed E-state index contributed by atoms with van der Waals surface area (Å²) in [6, 6.07) is 11.8. The average Bonchev–Trinajstić information content (AvgIpc) is 3.05. The van der Waals surface area contributed by atoms with Crippen LogP contribution in [0.1, 0.15) is 28.2 Å². The van der Waals surface area contributed by atoms with Crippen LogP contribution in [0.25, 0.3) is 5.69 Å². The first-order chi connectivity index (χ1) is 11.4. The number of amides is 1. The maximum Gasteiger partial charge on any atom is 0.253 e. The van der Waals surface area contributed by atoms with Crippen LogP contribution in [0.2, 0.25) is 0 Å². The molecule has 24 heavy (non-hydrogen) atoms. The number of carbonyl (C=O) groups is 1. The van der Waals surface area contributed by atoms with Gasteiger partial charge in [-0.2, -0.15) is 0 Å². The number of aromatic nitrogens is 1. The van der Waals surface area contributed by atoms with Crippen molar-refractivity contribution < 1.29 is 13.2 Å². The summed E-state index contributed by atoms with van der Waals surface area (Å²) >= 11 is 0. The largest absolute Gasteiger partial charge is 0.352 e. The van der Waals surface area contributed by atoms with Gasteiger partial charge in [0.05, 0.1) is 17.1 Å². The highest BCUT2D eigenvalue weighted by molar-refractivity contribution is 7.91. The van der Waals surface area contributed by atoms with Gasteiger partial charge < -0.3 is 9.88 Å². The molecule has 0 unspecified atom stereocenters. The van der Waals surface area contributed by atoms with Crippen molar-refractivity contribution in [3.05, 3.63) is 53.3 Å². The van der Waals surface area contributed by atoms with E-state index in [4.69, 9.17) is 0 Å². The summed E-state index contributed by atoms with van der Waals surface area (Å²) in [6.45, 7) is 4.31. The van der Waals surface area contributed by atoms with E-state index in [0.29, 0.717) is 18.5 Å². The highest BCUT2D eigenvalue weighted by atomic mass is 32.2. The summed E-state index contributed by atoms with van der Waals surface area (Å²) in [5.74, 6) is 0.290. The summed E-state index contributed by atoms with van der Waals surface area (Å²) in [7, 11) is -2.91. The zero-order valence-corrected chi connectivity index (χ0v) is 14.8. The molecule has 0 radical (unpaired) electrons. The number of sulfone groups is 1. The number of rotatable bonds is 4. The molecule has 6 heteroatoms. The minimum absolute atomic E-state index is 0.0246. The fourth-order valence-electron chi connectivity index (χ4n) is 3.33. The summed E-state index contributed by atoms with van der Waals surface area (Å²) in [5, 5.41) is 2.89. The summed E-state index contributed by atoms with van der Waals surface area (Å²) in [5.41, 5.74) is 3.54. The van der Waals surface area contributed by atoms with Crippen molar-refractivity contribution >= 4 is 15.7 Å². The maximum absolute atomic E-state index is 12.5. The zero-order valence-electron chi connectivity index (χ0n) is 14.0. The van der Waals surface area contributed by atoms with E-state index in [2.05, 4.69) is 9.88 Å². The summed E-state index contributed by atoms with van der Waals surface area (Å²) in [6.07, 6.45) is 0.631. The second-order valence-corrected chi connectivity index (χ2v) is 8.66. The van der Waals surface area contributed by atoms with E-state index in [-0.39, 0.29) is 23.3 Å². The molecule has 0 aliphatic carbocycles. The Morgan fingerprint density at radius 3 is 2.58 bits per heavy atom. The first-order valence-electron chi connectivity index (χ1n) is 8.10. The topological polar surface area (TPSA) is 68.2 Å². The lowest BCUT2D eigenvalue weighted by molar-refractivity contribution is 0.0948. The third-order valence-electron chi connectivity index (χ3n) is 4.57. The average molecular weight is 346 g/mol. The van der Waals surface area contributed by atoms with E-state index in [1.54, 1.807) is 0 Å². The number of para-hydroxylation sites is 1. The number of hydrogen-bond acceptors (Lipinski definition) is 3. The molecule has 0 bridgehead atoms. The highest BCUT2D eigenvalue weighted by Crippen LogP contribution is 2.21. The van der Waals surface area contributed by atoms with Crippen LogP contribution in [0.3, 0.4) is 0 Å². The fourth-order valence-corrected chi connectivity index (χ4v) is 5.19. The molecule has 1 aromatic heterocycles. The quantitative estimate of drug-likeness (QED) is 0.923. The van der Waals surface area contributed by atoms with Crippen molar-refractivity contribution in [1.82, 2.24) is 9.88 Å². The molecular weight excluding hydrogens is 324 g/mol. The molecule has 1 atom stereocenters. The Morgan fingerprint density at radius 2 is 1.96 bits per heavy atom. The van der Waals surface area contributed by atoms with E-state index in [9.17, 15) is 13.2 Å². The van der Waals surface area contributed by atoms with Crippen LogP contribution in [-0.4, -0.2) is 36.9 Å². The molecule has 1 aliphatic heterocycles. The van der Waals surface area contributed by atoms with Gasteiger partial charge in [-0.05, 0) is 44.4 Å². The van der Waals surface area contributed by atoms with E-state index >= 15 is 0 Å². The fraction of sp³-hybridized carbons (Fsp3) is 0.389. The molecule has 1 N–H and O–H groups in total. The van der Waals surface area contributed by atoms with Gasteiger partial charge in [-0.25, -0.2) is 8.42 Å². The van der Waals surface area contributed by atoms with Gasteiger partial charge in [-0.3, -0.25) is 4.79 Å². The van der Waals surface area contributed by atoms with Gasteiger partial charge in [0.15, 0.2) is 9.84 Å². The minimum atomic E-state index is -2.91. The normalized spacial score (nSPS) is 19.3. The lowest BCUT2D eigenvalue weighted by atomic mass is 10.1. The van der Waals surface area contributed by atoms with Crippen molar-refractivity contribution in [3.63, 3.8) is 0 Å². The number of carbonyl (C=O) groups excluding carboxylic acids is 1. The van der Waals surface area contributed by atoms with Crippen LogP contribution in [0.5, 0.6) is 0 Å². The van der Waals surface area contributed by atoms with Gasteiger partial charge in [0.2, 0.25) is 0 Å². The van der Waals surface area contributed by atoms with Crippen molar-refractivity contribution in [2.24, 2.45) is 5.92 Å². The Balaban J connectivity index is 1.74. The van der Waals surface area contributed by atoms with E-state index in [0.717, 1.165) is 17.1 Å². The van der Waals surface area contributed by atoms with Gasteiger partial charge in [0.1, 0.15) is 0 Å². The van der Waals surface area contributed by atoms with Crippen LogP contribution in [0.15, 0.2) is 36.4 Å². The molecule has 1 aromatic carbocycles. The number of hydrogen-bond donors (Lipinski definition) is 1. The molecule has 3 rings (SSSR count). The number of benzene rings is 1. The van der Waals surface area contributed by atoms with E-state index in [1.807, 2.05) is 50.2 Å². The molecule has 5 nitrogen and oxygen atoms in total. The Hall–Kier alpha value is -2.08. The second kappa shape index (κ2) is 6.43. The SMILES string of the molecule is Cc1cc(C(=O)NC[C@@H]2CCS(=O)(=O)C2)c(C)n1-c1ccccc1. The molecule has 1 amide bonds. The van der Waals surface area contributed by atoms with Crippen LogP contribution in [-0.2, 0) is 9.84 Å². The van der Waals surface area contributed by atoms with Crippen molar-refractivity contribution in [1.29, 1.82) is 0 Å². The lowest BCUT2D eigenvalue weighted by Gasteiger charge is -2.11. The van der Waals surface area contributed by atoms with E-state index < -0.39 is 9.84 Å². The predicted molar refractivity (Wildman–Crippen MR) is 94.3 cm³/mol. The Kier molecular flexibility index (Phi) is 4.49. The summed E-state index contributed by atoms with van der Waals surface area (Å²) in [4.78, 5) is 12.5. The first-order valence-corrected chi connectivity index (χ1v) is 9.92. The molecule has 0 saturated carbocycles. The molecule has 128 valence electrons. The Morgan fingerprint density at radius 1 is 1.25 bits per heavy atom. The van der Waals surface area contributed by atoms with Crippen LogP contribution >= 0.6 is 0 Å². The number of nitrogens with one attached hydrogen (secondary N) is 1. The number of nitrogens with zero attached hydrogens (tertiary/aromatic N) is 1. The van der Waals surface area contributed by atoms with Gasteiger partial charge >= 0.3 is 0 Å². The van der Waals surface area contributed by atoms with Gasteiger partial charge in [-0.1, -0.05) is 18.2 Å². The smallest absolute Gasteiger partial charge is 0.253 e. The predicted octanol–water partition coefficient (Wildman–Crippen LogP) is 2.26. The van der Waals surface area contributed by atoms with Crippen LogP contribution in [0, 0.1) is 19.8 Å². The van der Waals surface area contributed by atoms with Crippen molar-refractivity contribution in [3.8, 4) is 5.69 Å². The van der Waals surface area contributed by atoms with E-state index in [1.165, 1.54) is 0 Å². The standard InChI is InChI=1S/C18H22N2O3S/c1-13-10-17(14(2)20(13)16-6-4-3-5-7-16)18(21)19-11-15-8-9-24(22,23)12-15/h3-7,10,15H,8-9,11-12H2,1-2H3,(H,19,21)/t15-/m0/s1. The summed E-state index contributed by atoms with van der Waals surface area (Å²) < 4.78 is 25.0. The highest BCUT2D eigenvalue weighted by Gasteiger charge is 2.28. The third kappa shape index (κ3) is 3.38. The minimum Gasteiger partial charge on any atom is -0.352 e. The molecule has 0 spiro atoms. The molecule has 1 saturated heterocycles. The monoisotopic (exact) mass is 346 g/mol. The second-order valence-electron chi connectivity index (χ2n) is 6.43. The van der Waals surface area contributed by atoms with Crippen LogP contribution in [0.4, 0.5) is 0 Å². The number of aryl methyl sites for hydroxylation is 1. The van der Waals surface area contributed by atoms with Crippen molar-refractivity contribution in [2.75, 3.05) is 18.1 Å². The van der Waals surface area contributed by atoms with Gasteiger partial charge in [-0.15, -0.1) is 0 Å². The molecule has 1 aliphatic rings. The molecule has 2 heterocycles. The molecular formula is C18H22N2O3S. The molecule has 1 fully saturated rings. The van der Waals surface area contributed by atoms with Crippen molar-refractivity contribution in [2.45, 2.75) is 20.3 Å². The zero-order chi connectivity index (χ0) is 17.3.